The average molecular weight is 232 g/mol. The Labute approximate surface area is 97.9 Å². The molecule has 0 saturated heterocycles. The second-order valence-corrected chi connectivity index (χ2v) is 4.79. The van der Waals surface area contributed by atoms with Gasteiger partial charge in [0.15, 0.2) is 0 Å². The molecular formula is C12H12N2OS. The van der Waals surface area contributed by atoms with Gasteiger partial charge in [0.05, 0.1) is 6.10 Å². The number of benzene rings is 1. The zero-order chi connectivity index (χ0) is 11.0. The van der Waals surface area contributed by atoms with Gasteiger partial charge in [-0.25, -0.2) is 0 Å². The predicted molar refractivity (Wildman–Crippen MR) is 62.4 cm³/mol. The summed E-state index contributed by atoms with van der Waals surface area (Å²) in [5.74, 6) is 0.480. The van der Waals surface area contributed by atoms with Crippen LogP contribution in [0.5, 0.6) is 0 Å². The van der Waals surface area contributed by atoms with E-state index in [4.69, 9.17) is 0 Å². The van der Waals surface area contributed by atoms with Crippen LogP contribution in [0.3, 0.4) is 0 Å². The number of rotatable bonds is 3. The lowest BCUT2D eigenvalue weighted by Gasteiger charge is -2.31. The third-order valence-electron chi connectivity index (χ3n) is 3.19. The van der Waals surface area contributed by atoms with E-state index in [1.807, 2.05) is 5.38 Å². The van der Waals surface area contributed by atoms with Gasteiger partial charge in [0.1, 0.15) is 5.69 Å². The van der Waals surface area contributed by atoms with Crippen LogP contribution in [0.15, 0.2) is 29.6 Å². The van der Waals surface area contributed by atoms with Gasteiger partial charge in [-0.1, -0.05) is 28.8 Å². The van der Waals surface area contributed by atoms with E-state index in [1.54, 1.807) is 0 Å². The molecule has 82 valence electrons. The van der Waals surface area contributed by atoms with E-state index in [0.717, 1.165) is 12.8 Å². The van der Waals surface area contributed by atoms with Gasteiger partial charge in [-0.05, 0) is 41.4 Å². The first kappa shape index (κ1) is 9.93. The highest BCUT2D eigenvalue weighted by atomic mass is 32.1. The van der Waals surface area contributed by atoms with Crippen molar-refractivity contribution < 1.29 is 5.11 Å². The average Bonchev–Trinajstić information content (AvgIpc) is 2.79. The normalized spacial score (nSPS) is 19.9. The van der Waals surface area contributed by atoms with Crippen LogP contribution in [0.1, 0.15) is 35.3 Å². The fraction of sp³-hybridized carbons (Fsp3) is 0.333. The second kappa shape index (κ2) is 3.96. The van der Waals surface area contributed by atoms with Crippen LogP contribution in [0, 0.1) is 0 Å². The second-order valence-electron chi connectivity index (χ2n) is 4.18. The Morgan fingerprint density at radius 3 is 3.06 bits per heavy atom. The minimum Gasteiger partial charge on any atom is -0.387 e. The minimum atomic E-state index is -0.475. The van der Waals surface area contributed by atoms with Crippen molar-refractivity contribution in [1.82, 2.24) is 9.59 Å². The van der Waals surface area contributed by atoms with Gasteiger partial charge in [-0.15, -0.1) is 5.10 Å². The maximum absolute atomic E-state index is 9.97. The van der Waals surface area contributed by atoms with Crippen molar-refractivity contribution in [2.45, 2.75) is 24.9 Å². The van der Waals surface area contributed by atoms with Gasteiger partial charge in [-0.3, -0.25) is 0 Å². The molecule has 1 heterocycles. The molecule has 0 fully saturated rings. The van der Waals surface area contributed by atoms with Crippen LogP contribution in [-0.4, -0.2) is 14.7 Å². The molecule has 0 bridgehead atoms. The van der Waals surface area contributed by atoms with Crippen molar-refractivity contribution in [3.05, 3.63) is 46.5 Å². The molecule has 0 aliphatic heterocycles. The van der Waals surface area contributed by atoms with E-state index < -0.39 is 6.10 Å². The van der Waals surface area contributed by atoms with E-state index in [2.05, 4.69) is 33.9 Å². The molecule has 1 aliphatic rings. The molecule has 4 heteroatoms. The summed E-state index contributed by atoms with van der Waals surface area (Å²) in [5, 5.41) is 15.7. The molecule has 1 aromatic heterocycles. The Balaban J connectivity index is 1.70. The maximum atomic E-state index is 9.97. The molecule has 0 radical (unpaired) electrons. The maximum Gasteiger partial charge on any atom is 0.104 e. The van der Waals surface area contributed by atoms with E-state index in [1.165, 1.54) is 22.7 Å². The largest absolute Gasteiger partial charge is 0.387 e. The summed E-state index contributed by atoms with van der Waals surface area (Å²) in [6.07, 6.45) is 1.35. The van der Waals surface area contributed by atoms with Crippen LogP contribution in [-0.2, 0) is 6.42 Å². The van der Waals surface area contributed by atoms with Crippen molar-refractivity contribution >= 4 is 11.5 Å². The molecular weight excluding hydrogens is 220 g/mol. The Bertz CT molecular complexity index is 484. The van der Waals surface area contributed by atoms with E-state index in [-0.39, 0.29) is 0 Å². The fourth-order valence-electron chi connectivity index (χ4n) is 2.28. The highest BCUT2D eigenvalue weighted by molar-refractivity contribution is 7.03. The summed E-state index contributed by atoms with van der Waals surface area (Å²) in [7, 11) is 0. The molecule has 0 saturated carbocycles. The molecule has 3 nitrogen and oxygen atoms in total. The molecule has 3 rings (SSSR count). The van der Waals surface area contributed by atoms with Crippen molar-refractivity contribution in [3.8, 4) is 0 Å². The number of hydrogen-bond acceptors (Lipinski definition) is 4. The Morgan fingerprint density at radius 1 is 1.44 bits per heavy atom. The molecule has 0 spiro atoms. The van der Waals surface area contributed by atoms with Gasteiger partial charge in [-0.2, -0.15) is 0 Å². The first-order chi connectivity index (χ1) is 7.84. The third kappa shape index (κ3) is 1.64. The number of fused-ring (bicyclic) bond motifs is 1. The highest BCUT2D eigenvalue weighted by Gasteiger charge is 2.28. The summed E-state index contributed by atoms with van der Waals surface area (Å²) in [4.78, 5) is 0. The smallest absolute Gasteiger partial charge is 0.104 e. The summed E-state index contributed by atoms with van der Waals surface area (Å²) < 4.78 is 3.77. The Kier molecular flexibility index (Phi) is 2.46. The number of aliphatic hydroxyl groups excluding tert-OH is 1. The molecule has 1 aliphatic carbocycles. The number of hydrogen-bond donors (Lipinski definition) is 1. The predicted octanol–water partition coefficient (Wildman–Crippen LogP) is 2.30. The van der Waals surface area contributed by atoms with Gasteiger partial charge in [0.25, 0.3) is 0 Å². The van der Waals surface area contributed by atoms with E-state index in [0.29, 0.717) is 11.6 Å². The summed E-state index contributed by atoms with van der Waals surface area (Å²) >= 11 is 1.29. The number of nitrogens with zero attached hydrogens (tertiary/aromatic N) is 2. The molecule has 16 heavy (non-hydrogen) atoms. The van der Waals surface area contributed by atoms with Crippen molar-refractivity contribution in [2.24, 2.45) is 0 Å². The van der Waals surface area contributed by atoms with Crippen LogP contribution >= 0.6 is 11.5 Å². The van der Waals surface area contributed by atoms with Crippen LogP contribution in [0.4, 0.5) is 0 Å². The standard InChI is InChI=1S/C12H12N2OS/c15-12(11-7-16-14-13-11)6-9-5-8-3-1-2-4-10(8)9/h1-4,7,9,12,15H,5-6H2. The lowest BCUT2D eigenvalue weighted by atomic mass is 9.74. The first-order valence-corrected chi connectivity index (χ1v) is 6.21. The lowest BCUT2D eigenvalue weighted by Crippen LogP contribution is -2.19. The molecule has 2 aromatic rings. The summed E-state index contributed by atoms with van der Waals surface area (Å²) in [5.41, 5.74) is 3.50. The van der Waals surface area contributed by atoms with Gasteiger partial charge < -0.3 is 5.11 Å². The zero-order valence-electron chi connectivity index (χ0n) is 8.71. The van der Waals surface area contributed by atoms with E-state index in [9.17, 15) is 5.11 Å². The monoisotopic (exact) mass is 232 g/mol. The quantitative estimate of drug-likeness (QED) is 0.883. The minimum absolute atomic E-state index is 0.475. The summed E-state index contributed by atoms with van der Waals surface area (Å²) in [6, 6.07) is 8.43. The molecule has 0 amide bonds. The van der Waals surface area contributed by atoms with Crippen LogP contribution in [0.2, 0.25) is 0 Å². The Hall–Kier alpha value is -1.26. The molecule has 1 N–H and O–H groups in total. The molecule has 2 unspecified atom stereocenters. The van der Waals surface area contributed by atoms with E-state index >= 15 is 0 Å². The zero-order valence-corrected chi connectivity index (χ0v) is 9.52. The lowest BCUT2D eigenvalue weighted by molar-refractivity contribution is 0.149. The molecule has 2 atom stereocenters. The summed E-state index contributed by atoms with van der Waals surface area (Å²) in [6.45, 7) is 0. The Morgan fingerprint density at radius 2 is 2.31 bits per heavy atom. The van der Waals surface area contributed by atoms with Gasteiger partial charge >= 0.3 is 0 Å². The highest BCUT2D eigenvalue weighted by Crippen LogP contribution is 2.40. The molecule has 1 aromatic carbocycles. The first-order valence-electron chi connectivity index (χ1n) is 5.37. The number of aliphatic hydroxyl groups is 1. The number of aromatic nitrogens is 2. The third-order valence-corrected chi connectivity index (χ3v) is 3.71. The van der Waals surface area contributed by atoms with Crippen LogP contribution < -0.4 is 0 Å². The van der Waals surface area contributed by atoms with Crippen molar-refractivity contribution in [3.63, 3.8) is 0 Å². The van der Waals surface area contributed by atoms with Crippen molar-refractivity contribution in [2.75, 3.05) is 0 Å². The topological polar surface area (TPSA) is 46.0 Å². The van der Waals surface area contributed by atoms with Crippen molar-refractivity contribution in [1.29, 1.82) is 0 Å². The SMILES string of the molecule is OC(CC1Cc2ccccc21)c1csnn1. The fourth-order valence-corrected chi connectivity index (χ4v) is 2.78. The van der Waals surface area contributed by atoms with Gasteiger partial charge in [0, 0.05) is 5.38 Å². The van der Waals surface area contributed by atoms with Crippen LogP contribution in [0.25, 0.3) is 0 Å². The van der Waals surface area contributed by atoms with Gasteiger partial charge in [0.2, 0.25) is 0 Å².